The van der Waals surface area contributed by atoms with Gasteiger partial charge in [0.2, 0.25) is 10.0 Å². The molecule has 1 N–H and O–H groups in total. The van der Waals surface area contributed by atoms with Crippen LogP contribution in [0.2, 0.25) is 5.02 Å². The van der Waals surface area contributed by atoms with Gasteiger partial charge in [-0.25, -0.2) is 18.6 Å². The second-order valence-corrected chi connectivity index (χ2v) is 10.3. The normalized spacial score (nSPS) is 11.8. The number of nitrogens with one attached hydrogen (secondary N) is 1. The van der Waals surface area contributed by atoms with E-state index in [0.29, 0.717) is 11.3 Å². The van der Waals surface area contributed by atoms with Crippen LogP contribution in [0.1, 0.15) is 26.3 Å². The molecule has 0 unspecified atom stereocenters. The highest BCUT2D eigenvalue weighted by Crippen LogP contribution is 2.26. The van der Waals surface area contributed by atoms with Crippen molar-refractivity contribution in [2.45, 2.75) is 26.4 Å². The van der Waals surface area contributed by atoms with Crippen molar-refractivity contribution in [1.82, 2.24) is 5.43 Å². The summed E-state index contributed by atoms with van der Waals surface area (Å²) < 4.78 is 35.7. The molecule has 178 valence electrons. The third-order valence-electron chi connectivity index (χ3n) is 3.87. The molecule has 0 aliphatic heterocycles. The van der Waals surface area contributed by atoms with Gasteiger partial charge in [0, 0.05) is 0 Å². The molecule has 2 rings (SSSR count). The molecule has 2 aromatic rings. The first-order valence-electron chi connectivity index (χ1n) is 9.84. The Morgan fingerprint density at radius 1 is 1.12 bits per heavy atom. The van der Waals surface area contributed by atoms with E-state index < -0.39 is 34.0 Å². The highest BCUT2D eigenvalue weighted by atomic mass is 35.5. The van der Waals surface area contributed by atoms with Crippen LogP contribution in [-0.2, 0) is 24.3 Å². The fourth-order valence-electron chi connectivity index (χ4n) is 2.54. The summed E-state index contributed by atoms with van der Waals surface area (Å²) in [5.74, 6) is -0.657. The van der Waals surface area contributed by atoms with Crippen LogP contribution in [-0.4, -0.2) is 51.5 Å². The quantitative estimate of drug-likeness (QED) is 0.325. The number of para-hydroxylation sites is 1. The monoisotopic (exact) mass is 495 g/mol. The Labute approximate surface area is 198 Å². The van der Waals surface area contributed by atoms with Gasteiger partial charge in [-0.05, 0) is 62.7 Å². The molecule has 9 nitrogen and oxygen atoms in total. The van der Waals surface area contributed by atoms with Gasteiger partial charge in [0.1, 0.15) is 17.9 Å². The zero-order valence-corrected chi connectivity index (χ0v) is 20.3. The van der Waals surface area contributed by atoms with Gasteiger partial charge in [-0.2, -0.15) is 5.10 Å². The van der Waals surface area contributed by atoms with Gasteiger partial charge in [0.25, 0.3) is 5.91 Å². The van der Waals surface area contributed by atoms with E-state index in [-0.39, 0.29) is 17.3 Å². The van der Waals surface area contributed by atoms with Crippen molar-refractivity contribution >= 4 is 45.4 Å². The third kappa shape index (κ3) is 9.11. The van der Waals surface area contributed by atoms with Crippen LogP contribution >= 0.6 is 11.6 Å². The van der Waals surface area contributed by atoms with Crippen LogP contribution in [0.4, 0.5) is 5.69 Å². The number of hydrogen-bond donors (Lipinski definition) is 1. The van der Waals surface area contributed by atoms with E-state index in [4.69, 9.17) is 21.1 Å². The van der Waals surface area contributed by atoms with Crippen molar-refractivity contribution in [1.29, 1.82) is 0 Å². The maximum atomic E-state index is 12.2. The second-order valence-electron chi connectivity index (χ2n) is 7.96. The lowest BCUT2D eigenvalue weighted by Gasteiger charge is -2.22. The lowest BCUT2D eigenvalue weighted by Crippen LogP contribution is -2.39. The van der Waals surface area contributed by atoms with Crippen molar-refractivity contribution < 1.29 is 27.5 Å². The van der Waals surface area contributed by atoms with Crippen LogP contribution in [0.15, 0.2) is 53.6 Å². The molecule has 0 atom stereocenters. The van der Waals surface area contributed by atoms with E-state index in [1.807, 2.05) is 0 Å². The van der Waals surface area contributed by atoms with Crippen molar-refractivity contribution in [3.05, 3.63) is 59.1 Å². The number of sulfonamides is 1. The molecule has 0 aliphatic rings. The lowest BCUT2D eigenvalue weighted by atomic mass is 10.2. The molecule has 0 fully saturated rings. The van der Waals surface area contributed by atoms with Gasteiger partial charge < -0.3 is 9.47 Å². The molecule has 0 spiro atoms. The summed E-state index contributed by atoms with van der Waals surface area (Å²) in [4.78, 5) is 23.9. The molecular formula is C22H26ClN3O6S. The van der Waals surface area contributed by atoms with Gasteiger partial charge in [-0.3, -0.25) is 9.10 Å². The number of rotatable bonds is 9. The summed E-state index contributed by atoms with van der Waals surface area (Å²) >= 11 is 6.07. The minimum absolute atomic E-state index is 0.197. The van der Waals surface area contributed by atoms with Crippen LogP contribution in [0.3, 0.4) is 0 Å². The number of anilines is 1. The van der Waals surface area contributed by atoms with Crippen LogP contribution in [0.5, 0.6) is 5.75 Å². The van der Waals surface area contributed by atoms with Crippen LogP contribution in [0.25, 0.3) is 0 Å². The maximum absolute atomic E-state index is 12.2. The number of hydrogen-bond acceptors (Lipinski definition) is 7. The number of carbonyl (C=O) groups is 2. The molecule has 0 heterocycles. The SMILES string of the molecule is CC(C)(C)OC(=O)COc1ccc(/C=N\NC(=O)CN(c2ccccc2Cl)S(C)(=O)=O)cc1. The van der Waals surface area contributed by atoms with Crippen LogP contribution < -0.4 is 14.5 Å². The fourth-order valence-corrected chi connectivity index (χ4v) is 3.70. The van der Waals surface area contributed by atoms with E-state index >= 15 is 0 Å². The zero-order valence-electron chi connectivity index (χ0n) is 18.7. The minimum atomic E-state index is -3.75. The van der Waals surface area contributed by atoms with E-state index in [2.05, 4.69) is 10.5 Å². The molecule has 0 aromatic heterocycles. The van der Waals surface area contributed by atoms with Crippen molar-refractivity contribution in [3.63, 3.8) is 0 Å². The number of ether oxygens (including phenoxy) is 2. The first-order chi connectivity index (χ1) is 15.3. The Morgan fingerprint density at radius 3 is 2.33 bits per heavy atom. The highest BCUT2D eigenvalue weighted by Gasteiger charge is 2.22. The Bertz CT molecular complexity index is 1110. The summed E-state index contributed by atoms with van der Waals surface area (Å²) in [7, 11) is -3.75. The molecule has 0 bridgehead atoms. The summed E-state index contributed by atoms with van der Waals surface area (Å²) in [5.41, 5.74) is 2.54. The predicted molar refractivity (Wildman–Crippen MR) is 127 cm³/mol. The lowest BCUT2D eigenvalue weighted by molar-refractivity contribution is -0.157. The first kappa shape index (κ1) is 26.1. The molecule has 0 saturated carbocycles. The van der Waals surface area contributed by atoms with Crippen molar-refractivity contribution in [2.75, 3.05) is 23.7 Å². The number of amides is 1. The van der Waals surface area contributed by atoms with Gasteiger partial charge in [0.05, 0.1) is 23.2 Å². The first-order valence-corrected chi connectivity index (χ1v) is 12.1. The minimum Gasteiger partial charge on any atom is -0.482 e. The molecule has 0 radical (unpaired) electrons. The Morgan fingerprint density at radius 2 is 1.76 bits per heavy atom. The Balaban J connectivity index is 1.91. The molecular weight excluding hydrogens is 470 g/mol. The summed E-state index contributed by atoms with van der Waals surface area (Å²) in [6.07, 6.45) is 2.37. The second kappa shape index (κ2) is 11.2. The topological polar surface area (TPSA) is 114 Å². The number of carbonyl (C=O) groups excluding carboxylic acids is 2. The van der Waals surface area contributed by atoms with Gasteiger partial charge in [0.15, 0.2) is 6.61 Å². The maximum Gasteiger partial charge on any atom is 0.344 e. The van der Waals surface area contributed by atoms with E-state index in [1.54, 1.807) is 57.2 Å². The fraction of sp³-hybridized carbons (Fsp3) is 0.318. The van der Waals surface area contributed by atoms with Gasteiger partial charge >= 0.3 is 5.97 Å². The Kier molecular flexibility index (Phi) is 8.84. The van der Waals surface area contributed by atoms with Gasteiger partial charge in [-0.1, -0.05) is 23.7 Å². The summed E-state index contributed by atoms with van der Waals surface area (Å²) in [5, 5.41) is 4.05. The van der Waals surface area contributed by atoms with Crippen molar-refractivity contribution in [2.24, 2.45) is 5.10 Å². The molecule has 0 aliphatic carbocycles. The standard InChI is InChI=1S/C22H26ClN3O6S/c1-22(2,3)32-21(28)15-31-17-11-9-16(10-12-17)13-24-25-20(27)14-26(33(4,29)30)19-8-6-5-7-18(19)23/h5-13H,14-15H2,1-4H3,(H,25,27)/b24-13-. The smallest absolute Gasteiger partial charge is 0.344 e. The average Bonchev–Trinajstić information content (AvgIpc) is 2.70. The largest absolute Gasteiger partial charge is 0.482 e. The number of benzene rings is 2. The molecule has 1 amide bonds. The van der Waals surface area contributed by atoms with E-state index in [1.165, 1.54) is 18.3 Å². The van der Waals surface area contributed by atoms with Crippen molar-refractivity contribution in [3.8, 4) is 5.75 Å². The molecule has 2 aromatic carbocycles. The number of esters is 1. The van der Waals surface area contributed by atoms with E-state index in [9.17, 15) is 18.0 Å². The van der Waals surface area contributed by atoms with E-state index in [0.717, 1.165) is 10.6 Å². The third-order valence-corrected chi connectivity index (χ3v) is 5.31. The molecule has 11 heteroatoms. The highest BCUT2D eigenvalue weighted by molar-refractivity contribution is 7.92. The van der Waals surface area contributed by atoms with Gasteiger partial charge in [-0.15, -0.1) is 0 Å². The number of halogens is 1. The predicted octanol–water partition coefficient (Wildman–Crippen LogP) is 2.98. The Hall–Kier alpha value is -3.11. The number of hydrazone groups is 1. The average molecular weight is 496 g/mol. The van der Waals surface area contributed by atoms with Crippen LogP contribution in [0, 0.1) is 0 Å². The zero-order chi connectivity index (χ0) is 24.6. The summed E-state index contributed by atoms with van der Waals surface area (Å²) in [6.45, 7) is 4.61. The summed E-state index contributed by atoms with van der Waals surface area (Å²) in [6, 6.07) is 12.9. The number of nitrogens with zero attached hydrogens (tertiary/aromatic N) is 2. The molecule has 33 heavy (non-hydrogen) atoms. The molecule has 0 saturated heterocycles.